The summed E-state index contributed by atoms with van der Waals surface area (Å²) in [6.07, 6.45) is -1.95. The third-order valence-corrected chi connectivity index (χ3v) is 9.39. The van der Waals surface area contributed by atoms with Gasteiger partial charge in [0.25, 0.3) is 0 Å². The number of fused-ring (bicyclic) bond motifs is 2. The van der Waals surface area contributed by atoms with E-state index < -0.39 is 11.7 Å². The molecule has 0 saturated carbocycles. The van der Waals surface area contributed by atoms with Crippen LogP contribution < -0.4 is 9.47 Å². The van der Waals surface area contributed by atoms with E-state index in [1.165, 1.54) is 13.2 Å². The maximum atomic E-state index is 14.2. The fourth-order valence-electron chi connectivity index (χ4n) is 5.95. The molecule has 0 radical (unpaired) electrons. The summed E-state index contributed by atoms with van der Waals surface area (Å²) in [6, 6.07) is 15.8. The maximum absolute atomic E-state index is 14.2. The topological polar surface area (TPSA) is 54.0 Å². The summed E-state index contributed by atoms with van der Waals surface area (Å²) >= 11 is 1.63. The van der Waals surface area contributed by atoms with Gasteiger partial charge in [0.1, 0.15) is 11.5 Å². The standard InChI is InChI=1S/C32H31F3O5S/c1-37-30(36)14-21-18-40-28-15-23(6-7-24(21)28)41-29-11-9-26-25(29)8-10-27(32(33,34)35)31(26)20-2-4-22(5-3-20)39-17-19-12-13-38-16-19/h2-8,10,15,19,21,29H,9,11-14,16-18H2,1H3/t19-,21-,29-/m1/s1. The molecule has 0 bridgehead atoms. The van der Waals surface area contributed by atoms with Crippen LogP contribution in [-0.4, -0.2) is 39.5 Å². The highest BCUT2D eigenvalue weighted by Gasteiger charge is 2.38. The van der Waals surface area contributed by atoms with E-state index in [-0.39, 0.29) is 29.1 Å². The molecular formula is C32H31F3O5S. The zero-order valence-corrected chi connectivity index (χ0v) is 23.5. The van der Waals surface area contributed by atoms with Gasteiger partial charge < -0.3 is 18.9 Å². The average molecular weight is 585 g/mol. The summed E-state index contributed by atoms with van der Waals surface area (Å²) in [4.78, 5) is 12.7. The van der Waals surface area contributed by atoms with Gasteiger partial charge in [0.2, 0.25) is 0 Å². The Morgan fingerprint density at radius 3 is 2.56 bits per heavy atom. The van der Waals surface area contributed by atoms with Crippen LogP contribution in [0.5, 0.6) is 11.5 Å². The van der Waals surface area contributed by atoms with Crippen molar-refractivity contribution in [2.75, 3.05) is 33.5 Å². The van der Waals surface area contributed by atoms with Gasteiger partial charge >= 0.3 is 12.1 Å². The van der Waals surface area contributed by atoms with Gasteiger partial charge in [-0.15, -0.1) is 11.8 Å². The van der Waals surface area contributed by atoms with Gasteiger partial charge in [-0.05, 0) is 71.8 Å². The molecule has 5 nitrogen and oxygen atoms in total. The number of hydrogen-bond donors (Lipinski definition) is 0. The lowest BCUT2D eigenvalue weighted by molar-refractivity contribution is -0.141. The molecule has 0 aromatic heterocycles. The van der Waals surface area contributed by atoms with Crippen LogP contribution in [0.4, 0.5) is 13.2 Å². The largest absolute Gasteiger partial charge is 0.493 e. The van der Waals surface area contributed by atoms with Crippen LogP contribution in [0, 0.1) is 5.92 Å². The number of esters is 1. The molecule has 1 aliphatic carbocycles. The number of carbonyl (C=O) groups is 1. The number of alkyl halides is 3. The van der Waals surface area contributed by atoms with E-state index in [1.54, 1.807) is 42.1 Å². The highest BCUT2D eigenvalue weighted by Crippen LogP contribution is 2.51. The van der Waals surface area contributed by atoms with Crippen LogP contribution in [0.15, 0.2) is 59.5 Å². The summed E-state index contributed by atoms with van der Waals surface area (Å²) in [5.74, 6) is 1.42. The second-order valence-electron chi connectivity index (χ2n) is 10.8. The SMILES string of the molecule is COC(=O)C[C@@H]1COc2cc(S[C@@H]3CCc4c3ccc(C(F)(F)F)c4-c3ccc(OC[C@@H]4CCOC4)cc3)ccc21. The van der Waals surface area contributed by atoms with Crippen molar-refractivity contribution in [3.8, 4) is 22.6 Å². The van der Waals surface area contributed by atoms with Gasteiger partial charge in [0.05, 0.1) is 38.9 Å². The molecule has 0 unspecified atom stereocenters. The quantitative estimate of drug-likeness (QED) is 0.254. The zero-order chi connectivity index (χ0) is 28.6. The first-order chi connectivity index (χ1) is 19.8. The summed E-state index contributed by atoms with van der Waals surface area (Å²) in [7, 11) is 1.37. The van der Waals surface area contributed by atoms with Gasteiger partial charge in [0.15, 0.2) is 0 Å². The number of methoxy groups -OCH3 is 1. The lowest BCUT2D eigenvalue weighted by atomic mass is 9.91. The summed E-state index contributed by atoms with van der Waals surface area (Å²) in [5, 5.41) is 0.0209. The number of carbonyl (C=O) groups excluding carboxylic acids is 1. The second kappa shape index (κ2) is 11.6. The van der Waals surface area contributed by atoms with Gasteiger partial charge in [0, 0.05) is 34.2 Å². The van der Waals surface area contributed by atoms with Crippen LogP contribution in [0.3, 0.4) is 0 Å². The first-order valence-corrected chi connectivity index (χ1v) is 14.7. The van der Waals surface area contributed by atoms with Crippen LogP contribution in [0.2, 0.25) is 0 Å². The Morgan fingerprint density at radius 1 is 1.02 bits per heavy atom. The Morgan fingerprint density at radius 2 is 1.83 bits per heavy atom. The molecule has 3 aromatic rings. The molecular weight excluding hydrogens is 553 g/mol. The molecule has 0 amide bonds. The minimum atomic E-state index is -4.47. The van der Waals surface area contributed by atoms with Crippen LogP contribution >= 0.6 is 11.8 Å². The Hall–Kier alpha value is -3.17. The minimum Gasteiger partial charge on any atom is -0.493 e. The number of ether oxygens (including phenoxy) is 4. The lowest BCUT2D eigenvalue weighted by Crippen LogP contribution is -2.11. The van der Waals surface area contributed by atoms with E-state index in [9.17, 15) is 18.0 Å². The van der Waals surface area contributed by atoms with Crippen molar-refractivity contribution < 1.29 is 36.9 Å². The lowest BCUT2D eigenvalue weighted by Gasteiger charge is -2.19. The minimum absolute atomic E-state index is 0.0209. The summed E-state index contributed by atoms with van der Waals surface area (Å²) in [5.41, 5.74) is 2.86. The molecule has 0 N–H and O–H groups in total. The van der Waals surface area contributed by atoms with Crippen LogP contribution in [0.1, 0.15) is 52.7 Å². The fourth-order valence-corrected chi connectivity index (χ4v) is 7.18. The number of thioether (sulfide) groups is 1. The van der Waals surface area contributed by atoms with Gasteiger partial charge in [-0.1, -0.05) is 24.3 Å². The number of benzene rings is 3. The molecule has 0 spiro atoms. The molecule has 1 fully saturated rings. The molecule has 41 heavy (non-hydrogen) atoms. The van der Waals surface area contributed by atoms with Crippen molar-refractivity contribution in [1.29, 1.82) is 0 Å². The van der Waals surface area contributed by atoms with Crippen molar-refractivity contribution in [1.82, 2.24) is 0 Å². The van der Waals surface area contributed by atoms with Gasteiger partial charge in [-0.25, -0.2) is 0 Å². The van der Waals surface area contributed by atoms with E-state index in [0.717, 1.165) is 46.8 Å². The molecule has 216 valence electrons. The fraction of sp³-hybridized carbons (Fsp3) is 0.406. The van der Waals surface area contributed by atoms with E-state index in [2.05, 4.69) is 0 Å². The Kier molecular flexibility index (Phi) is 7.92. The highest BCUT2D eigenvalue weighted by atomic mass is 32.2. The Balaban J connectivity index is 1.23. The van der Waals surface area contributed by atoms with Gasteiger partial charge in [-0.3, -0.25) is 4.79 Å². The van der Waals surface area contributed by atoms with E-state index >= 15 is 0 Å². The van der Waals surface area contributed by atoms with Gasteiger partial charge in [-0.2, -0.15) is 13.2 Å². The predicted molar refractivity (Wildman–Crippen MR) is 150 cm³/mol. The highest BCUT2D eigenvalue weighted by molar-refractivity contribution is 7.99. The third kappa shape index (κ3) is 5.93. The van der Waals surface area contributed by atoms with Crippen LogP contribution in [0.25, 0.3) is 11.1 Å². The normalized spacial score (nSPS) is 21.3. The maximum Gasteiger partial charge on any atom is 0.417 e. The number of halogens is 3. The Bertz CT molecular complexity index is 1420. The van der Waals surface area contributed by atoms with E-state index in [4.69, 9.17) is 18.9 Å². The number of rotatable bonds is 8. The van der Waals surface area contributed by atoms with Crippen LogP contribution in [-0.2, 0) is 26.9 Å². The van der Waals surface area contributed by atoms with Crippen molar-refractivity contribution in [2.45, 2.75) is 47.9 Å². The number of hydrogen-bond acceptors (Lipinski definition) is 6. The average Bonchev–Trinajstić information content (AvgIpc) is 3.72. The Labute approximate surface area is 241 Å². The predicted octanol–water partition coefficient (Wildman–Crippen LogP) is 7.61. The van der Waals surface area contributed by atoms with Crippen molar-refractivity contribution in [3.05, 3.63) is 76.9 Å². The second-order valence-corrected chi connectivity index (χ2v) is 12.0. The molecule has 2 aliphatic heterocycles. The molecule has 2 heterocycles. The first-order valence-electron chi connectivity index (χ1n) is 13.8. The molecule has 1 saturated heterocycles. The summed E-state index contributed by atoms with van der Waals surface area (Å²) in [6.45, 7) is 2.37. The van der Waals surface area contributed by atoms with E-state index in [1.807, 2.05) is 18.2 Å². The van der Waals surface area contributed by atoms with Crippen molar-refractivity contribution in [2.24, 2.45) is 5.92 Å². The monoisotopic (exact) mass is 584 g/mol. The molecule has 6 rings (SSSR count). The molecule has 9 heteroatoms. The molecule has 3 aliphatic rings. The third-order valence-electron chi connectivity index (χ3n) is 8.09. The van der Waals surface area contributed by atoms with Crippen molar-refractivity contribution >= 4 is 17.7 Å². The first kappa shape index (κ1) is 28.0. The molecule has 3 atom stereocenters. The molecule has 3 aromatic carbocycles. The van der Waals surface area contributed by atoms with Crippen molar-refractivity contribution in [3.63, 3.8) is 0 Å². The van der Waals surface area contributed by atoms with E-state index in [0.29, 0.717) is 43.5 Å². The summed E-state index contributed by atoms with van der Waals surface area (Å²) < 4.78 is 64.5. The smallest absolute Gasteiger partial charge is 0.417 e. The zero-order valence-electron chi connectivity index (χ0n) is 22.7.